The van der Waals surface area contributed by atoms with Crippen molar-refractivity contribution in [1.82, 2.24) is 4.98 Å². The topological polar surface area (TPSA) is 36.7 Å². The fraction of sp³-hybridized carbons (Fsp3) is 0.455. The zero-order valence-corrected chi connectivity index (χ0v) is 8.64. The lowest BCUT2D eigenvalue weighted by Gasteiger charge is -2.06. The van der Waals surface area contributed by atoms with E-state index in [1.54, 1.807) is 6.07 Å². The monoisotopic (exact) mass is 206 g/mol. The summed E-state index contributed by atoms with van der Waals surface area (Å²) in [6, 6.07) is 3.87. The minimum atomic E-state index is 0.446. The van der Waals surface area contributed by atoms with Gasteiger partial charge in [-0.25, -0.2) is 4.98 Å². The molecule has 0 saturated heterocycles. The minimum Gasteiger partial charge on any atom is -0.241 e. The number of rotatable bonds is 0. The number of hydrogen-bond acceptors (Lipinski definition) is 2. The predicted octanol–water partition coefficient (Wildman–Crippen LogP) is 2.88. The Hall–Kier alpha value is -1.07. The smallest absolute Gasteiger partial charge is 0.130 e. The second-order valence-electron chi connectivity index (χ2n) is 3.59. The van der Waals surface area contributed by atoms with Crippen LogP contribution < -0.4 is 0 Å². The first-order valence-corrected chi connectivity index (χ1v) is 5.27. The second-order valence-corrected chi connectivity index (χ2v) is 3.98. The molecule has 1 aliphatic carbocycles. The van der Waals surface area contributed by atoms with Gasteiger partial charge in [0, 0.05) is 5.69 Å². The summed E-state index contributed by atoms with van der Waals surface area (Å²) in [5.74, 6) is 0. The third kappa shape index (κ3) is 1.73. The highest BCUT2D eigenvalue weighted by Gasteiger charge is 2.14. The Bertz CT molecular complexity index is 393. The average Bonchev–Trinajstić information content (AvgIpc) is 2.41. The van der Waals surface area contributed by atoms with Crippen molar-refractivity contribution in [2.45, 2.75) is 32.1 Å². The van der Waals surface area contributed by atoms with E-state index < -0.39 is 0 Å². The van der Waals surface area contributed by atoms with Gasteiger partial charge in [0.25, 0.3) is 0 Å². The molecule has 1 aromatic heterocycles. The molecule has 0 amide bonds. The Labute approximate surface area is 88.5 Å². The molecule has 0 atom stereocenters. The predicted molar refractivity (Wildman–Crippen MR) is 55.2 cm³/mol. The van der Waals surface area contributed by atoms with E-state index in [0.717, 1.165) is 36.9 Å². The first kappa shape index (κ1) is 9.48. The van der Waals surface area contributed by atoms with Crippen molar-refractivity contribution in [1.29, 1.82) is 5.26 Å². The summed E-state index contributed by atoms with van der Waals surface area (Å²) in [5.41, 5.74) is 2.86. The molecule has 1 heterocycles. The molecular weight excluding hydrogens is 196 g/mol. The van der Waals surface area contributed by atoms with Crippen LogP contribution in [-0.4, -0.2) is 4.98 Å². The lowest BCUT2D eigenvalue weighted by Crippen LogP contribution is -1.99. The summed E-state index contributed by atoms with van der Waals surface area (Å²) in [5, 5.41) is 9.42. The van der Waals surface area contributed by atoms with Crippen molar-refractivity contribution >= 4 is 11.6 Å². The Morgan fingerprint density at radius 1 is 1.29 bits per heavy atom. The summed E-state index contributed by atoms with van der Waals surface area (Å²) >= 11 is 5.85. The van der Waals surface area contributed by atoms with Gasteiger partial charge in [0.2, 0.25) is 0 Å². The van der Waals surface area contributed by atoms with Gasteiger partial charge in [-0.1, -0.05) is 18.0 Å². The van der Waals surface area contributed by atoms with Crippen molar-refractivity contribution in [3.63, 3.8) is 0 Å². The van der Waals surface area contributed by atoms with E-state index in [-0.39, 0.29) is 0 Å². The molecule has 0 aliphatic heterocycles. The molecular formula is C11H11ClN2. The summed E-state index contributed by atoms with van der Waals surface area (Å²) in [4.78, 5) is 4.30. The molecule has 0 saturated carbocycles. The first-order chi connectivity index (χ1) is 6.81. The zero-order valence-electron chi connectivity index (χ0n) is 7.89. The molecule has 0 spiro atoms. The van der Waals surface area contributed by atoms with E-state index in [1.807, 2.05) is 0 Å². The molecule has 1 aliphatic rings. The molecule has 0 aromatic carbocycles. The lowest BCUT2D eigenvalue weighted by molar-refractivity contribution is 0.708. The summed E-state index contributed by atoms with van der Waals surface area (Å²) < 4.78 is 0. The first-order valence-electron chi connectivity index (χ1n) is 4.89. The maximum atomic E-state index is 8.97. The van der Waals surface area contributed by atoms with Gasteiger partial charge in [-0.2, -0.15) is 5.26 Å². The number of aryl methyl sites for hydroxylation is 1. The second kappa shape index (κ2) is 3.98. The van der Waals surface area contributed by atoms with Crippen molar-refractivity contribution in [3.8, 4) is 6.07 Å². The Morgan fingerprint density at radius 3 is 2.86 bits per heavy atom. The van der Waals surface area contributed by atoms with Crippen molar-refractivity contribution < 1.29 is 0 Å². The Kier molecular flexibility index (Phi) is 2.69. The van der Waals surface area contributed by atoms with E-state index in [1.165, 1.54) is 6.42 Å². The van der Waals surface area contributed by atoms with E-state index in [9.17, 15) is 0 Å². The van der Waals surface area contributed by atoms with E-state index in [4.69, 9.17) is 16.9 Å². The number of nitriles is 1. The number of halogens is 1. The van der Waals surface area contributed by atoms with Gasteiger partial charge in [0.05, 0.1) is 11.6 Å². The summed E-state index contributed by atoms with van der Waals surface area (Å²) in [7, 11) is 0. The van der Waals surface area contributed by atoms with Crippen LogP contribution in [0.1, 0.15) is 36.1 Å². The summed E-state index contributed by atoms with van der Waals surface area (Å²) in [6.45, 7) is 0. The fourth-order valence-electron chi connectivity index (χ4n) is 1.95. The van der Waals surface area contributed by atoms with Crippen LogP contribution in [0.4, 0.5) is 0 Å². The van der Waals surface area contributed by atoms with Gasteiger partial charge in [-0.15, -0.1) is 0 Å². The van der Waals surface area contributed by atoms with Crippen LogP contribution in [0.25, 0.3) is 0 Å². The van der Waals surface area contributed by atoms with Crippen LogP contribution >= 0.6 is 11.6 Å². The molecule has 0 fully saturated rings. The zero-order chi connectivity index (χ0) is 9.97. The fourth-order valence-corrected chi connectivity index (χ4v) is 2.16. The average molecular weight is 207 g/mol. The van der Waals surface area contributed by atoms with Gasteiger partial charge in [-0.05, 0) is 37.3 Å². The number of fused-ring (bicyclic) bond motifs is 1. The maximum absolute atomic E-state index is 8.97. The highest BCUT2D eigenvalue weighted by atomic mass is 35.5. The third-order valence-electron chi connectivity index (χ3n) is 2.64. The van der Waals surface area contributed by atoms with E-state index >= 15 is 0 Å². The van der Waals surface area contributed by atoms with Crippen LogP contribution in [0.2, 0.25) is 5.15 Å². The van der Waals surface area contributed by atoms with Crippen LogP contribution in [-0.2, 0) is 12.8 Å². The Morgan fingerprint density at radius 2 is 2.07 bits per heavy atom. The molecule has 14 heavy (non-hydrogen) atoms. The van der Waals surface area contributed by atoms with Gasteiger partial charge in [-0.3, -0.25) is 0 Å². The van der Waals surface area contributed by atoms with Crippen molar-refractivity contribution in [2.75, 3.05) is 0 Å². The normalized spacial score (nSPS) is 15.4. The molecule has 3 heteroatoms. The van der Waals surface area contributed by atoms with Crippen molar-refractivity contribution in [2.24, 2.45) is 0 Å². The molecule has 1 aromatic rings. The van der Waals surface area contributed by atoms with Crippen LogP contribution in [0.15, 0.2) is 6.07 Å². The van der Waals surface area contributed by atoms with Crippen LogP contribution in [0.5, 0.6) is 0 Å². The van der Waals surface area contributed by atoms with Gasteiger partial charge in [0.1, 0.15) is 5.15 Å². The number of aromatic nitrogens is 1. The molecule has 2 rings (SSSR count). The van der Waals surface area contributed by atoms with Crippen LogP contribution in [0.3, 0.4) is 0 Å². The molecule has 72 valence electrons. The van der Waals surface area contributed by atoms with Crippen molar-refractivity contribution in [3.05, 3.63) is 28.0 Å². The standard InChI is InChI=1S/C11H11ClN2/c12-11-6-8(7-13)9-4-2-1-3-5-10(9)14-11/h6H,1-5H2. The molecule has 0 N–H and O–H groups in total. The largest absolute Gasteiger partial charge is 0.241 e. The van der Waals surface area contributed by atoms with Gasteiger partial charge < -0.3 is 0 Å². The number of pyridine rings is 1. The third-order valence-corrected chi connectivity index (χ3v) is 2.83. The molecule has 0 bridgehead atoms. The highest BCUT2D eigenvalue weighted by Crippen LogP contribution is 2.24. The SMILES string of the molecule is N#Cc1cc(Cl)nc2c1CCCCC2. The Balaban J connectivity index is 2.53. The molecule has 2 nitrogen and oxygen atoms in total. The van der Waals surface area contributed by atoms with Gasteiger partial charge >= 0.3 is 0 Å². The van der Waals surface area contributed by atoms with Crippen LogP contribution in [0, 0.1) is 11.3 Å². The van der Waals surface area contributed by atoms with E-state index in [2.05, 4.69) is 11.1 Å². The molecule has 0 unspecified atom stereocenters. The highest BCUT2D eigenvalue weighted by molar-refractivity contribution is 6.29. The minimum absolute atomic E-state index is 0.446. The molecule has 0 radical (unpaired) electrons. The maximum Gasteiger partial charge on any atom is 0.130 e. The number of nitrogens with zero attached hydrogens (tertiary/aromatic N) is 2. The number of hydrogen-bond donors (Lipinski definition) is 0. The quantitative estimate of drug-likeness (QED) is 0.484. The lowest BCUT2D eigenvalue weighted by atomic mass is 10.0. The van der Waals surface area contributed by atoms with Gasteiger partial charge in [0.15, 0.2) is 0 Å². The van der Waals surface area contributed by atoms with E-state index in [0.29, 0.717) is 10.7 Å². The summed E-state index contributed by atoms with van der Waals surface area (Å²) in [6.07, 6.45) is 5.47.